The monoisotopic (exact) mass is 461 g/mol. The van der Waals surface area contributed by atoms with E-state index in [1.165, 1.54) is 17.7 Å². The second kappa shape index (κ2) is 10.9. The fourth-order valence-corrected chi connectivity index (χ4v) is 4.58. The number of hydrogen-bond acceptors (Lipinski definition) is 4. The second-order valence-corrected chi connectivity index (χ2v) is 9.68. The molecule has 2 atom stereocenters. The number of ether oxygens (including phenoxy) is 2. The predicted molar refractivity (Wildman–Crippen MR) is 130 cm³/mol. The van der Waals surface area contributed by atoms with E-state index in [0.717, 1.165) is 17.5 Å². The molecule has 1 aliphatic rings. The normalized spacial score (nSPS) is 19.0. The lowest BCUT2D eigenvalue weighted by molar-refractivity contribution is -0.216. The van der Waals surface area contributed by atoms with Crippen LogP contribution in [0.15, 0.2) is 84.9 Å². The summed E-state index contributed by atoms with van der Waals surface area (Å²) in [5.74, 6) is -0.592. The number of benzene rings is 3. The van der Waals surface area contributed by atoms with Gasteiger partial charge < -0.3 is 9.47 Å². The Morgan fingerprint density at radius 1 is 0.971 bits per heavy atom. The summed E-state index contributed by atoms with van der Waals surface area (Å²) in [5.41, 5.74) is 2.94. The zero-order chi connectivity index (χ0) is 24.0. The van der Waals surface area contributed by atoms with E-state index >= 15 is 0 Å². The molecule has 0 aromatic heterocycles. The Hall–Kier alpha value is -3.02. The molecule has 0 spiro atoms. The minimum Gasteiger partial charge on any atom is -0.434 e. The van der Waals surface area contributed by atoms with Crippen molar-refractivity contribution in [1.29, 1.82) is 0 Å². The highest BCUT2D eigenvalue weighted by Crippen LogP contribution is 2.33. The van der Waals surface area contributed by atoms with Gasteiger partial charge in [-0.05, 0) is 40.7 Å². The van der Waals surface area contributed by atoms with Crippen LogP contribution in [0.2, 0.25) is 0 Å². The van der Waals surface area contributed by atoms with E-state index in [1.54, 1.807) is 12.1 Å². The van der Waals surface area contributed by atoms with Crippen LogP contribution < -0.4 is 0 Å². The van der Waals surface area contributed by atoms with Crippen LogP contribution >= 0.6 is 0 Å². The minimum atomic E-state index is -0.761. The van der Waals surface area contributed by atoms with Crippen LogP contribution in [0.3, 0.4) is 0 Å². The van der Waals surface area contributed by atoms with Gasteiger partial charge in [0.1, 0.15) is 5.82 Å². The summed E-state index contributed by atoms with van der Waals surface area (Å²) in [5, 5.41) is 0. The number of halogens is 1. The van der Waals surface area contributed by atoms with Crippen LogP contribution in [0.4, 0.5) is 4.39 Å². The number of nitrogens with zero attached hydrogens (tertiary/aromatic N) is 1. The molecule has 34 heavy (non-hydrogen) atoms. The van der Waals surface area contributed by atoms with E-state index in [1.807, 2.05) is 36.4 Å². The average Bonchev–Trinajstić information content (AvgIpc) is 2.81. The summed E-state index contributed by atoms with van der Waals surface area (Å²) in [4.78, 5) is 15.3. The van der Waals surface area contributed by atoms with Gasteiger partial charge in [0.15, 0.2) is 0 Å². The van der Waals surface area contributed by atoms with Crippen molar-refractivity contribution >= 4 is 5.97 Å². The van der Waals surface area contributed by atoms with Crippen LogP contribution in [-0.2, 0) is 27.2 Å². The molecule has 3 aromatic carbocycles. The molecule has 1 saturated heterocycles. The first-order valence-electron chi connectivity index (χ1n) is 11.8. The summed E-state index contributed by atoms with van der Waals surface area (Å²) in [7, 11) is 0. The van der Waals surface area contributed by atoms with E-state index in [4.69, 9.17) is 9.47 Å². The van der Waals surface area contributed by atoms with Gasteiger partial charge in [-0.25, -0.2) is 4.39 Å². The van der Waals surface area contributed by atoms with Gasteiger partial charge >= 0.3 is 5.97 Å². The molecule has 1 heterocycles. The molecule has 0 saturated carbocycles. The van der Waals surface area contributed by atoms with Crippen molar-refractivity contribution in [2.24, 2.45) is 5.41 Å². The highest BCUT2D eigenvalue weighted by molar-refractivity contribution is 5.70. The van der Waals surface area contributed by atoms with Gasteiger partial charge in [-0.3, -0.25) is 9.69 Å². The maximum atomic E-state index is 13.6. The Kier molecular flexibility index (Phi) is 7.76. The third-order valence-electron chi connectivity index (χ3n) is 6.15. The number of morpholine rings is 1. The summed E-state index contributed by atoms with van der Waals surface area (Å²) in [6.07, 6.45) is 0.287. The SMILES string of the molecule is CC(C)(CC(=O)OC1OCCN(Cc2ccccc2)C1c1ccc(F)cc1)Cc1ccccc1. The quantitative estimate of drug-likeness (QED) is 0.390. The van der Waals surface area contributed by atoms with Crippen LogP contribution in [0.25, 0.3) is 0 Å². The molecule has 0 radical (unpaired) electrons. The number of carbonyl (C=O) groups excluding carboxylic acids is 1. The molecular formula is C29H32FNO3. The molecule has 0 N–H and O–H groups in total. The lowest BCUT2D eigenvalue weighted by Gasteiger charge is -2.41. The molecule has 0 bridgehead atoms. The standard InChI is InChI=1S/C29H32FNO3/c1-29(2,19-22-9-5-3-6-10-22)20-26(32)34-28-27(24-13-15-25(30)16-14-24)31(17-18-33-28)21-23-11-7-4-8-12-23/h3-16,27-28H,17-21H2,1-2H3. The van der Waals surface area contributed by atoms with Crippen LogP contribution in [-0.4, -0.2) is 30.3 Å². The largest absolute Gasteiger partial charge is 0.434 e. The minimum absolute atomic E-state index is 0.262. The molecule has 1 aliphatic heterocycles. The summed E-state index contributed by atoms with van der Waals surface area (Å²) in [6, 6.07) is 26.3. The zero-order valence-electron chi connectivity index (χ0n) is 19.8. The van der Waals surface area contributed by atoms with Crippen LogP contribution in [0.1, 0.15) is 43.0 Å². The molecule has 5 heteroatoms. The van der Waals surface area contributed by atoms with Crippen molar-refractivity contribution in [1.82, 2.24) is 4.90 Å². The predicted octanol–water partition coefficient (Wildman–Crippen LogP) is 5.93. The van der Waals surface area contributed by atoms with Crippen molar-refractivity contribution in [2.75, 3.05) is 13.2 Å². The Balaban J connectivity index is 1.49. The molecular weight excluding hydrogens is 429 g/mol. The second-order valence-electron chi connectivity index (χ2n) is 9.68. The highest BCUT2D eigenvalue weighted by Gasteiger charge is 2.37. The van der Waals surface area contributed by atoms with Crippen molar-refractivity contribution in [2.45, 2.75) is 45.6 Å². The molecule has 3 aromatic rings. The van der Waals surface area contributed by atoms with Crippen LogP contribution in [0.5, 0.6) is 0 Å². The number of rotatable bonds is 8. The first-order valence-corrected chi connectivity index (χ1v) is 11.8. The van der Waals surface area contributed by atoms with E-state index in [9.17, 15) is 9.18 Å². The van der Waals surface area contributed by atoms with E-state index < -0.39 is 6.29 Å². The molecule has 4 rings (SSSR count). The van der Waals surface area contributed by atoms with E-state index in [2.05, 4.69) is 43.0 Å². The van der Waals surface area contributed by atoms with E-state index in [0.29, 0.717) is 19.7 Å². The lowest BCUT2D eigenvalue weighted by Crippen LogP contribution is -2.47. The van der Waals surface area contributed by atoms with Crippen LogP contribution in [0, 0.1) is 11.2 Å². The number of hydrogen-bond donors (Lipinski definition) is 0. The Morgan fingerprint density at radius 3 is 2.24 bits per heavy atom. The fraction of sp³-hybridized carbons (Fsp3) is 0.345. The smallest absolute Gasteiger partial charge is 0.308 e. The van der Waals surface area contributed by atoms with Crippen molar-refractivity contribution in [3.05, 3.63) is 107 Å². The number of esters is 1. The molecule has 2 unspecified atom stereocenters. The maximum Gasteiger partial charge on any atom is 0.308 e. The van der Waals surface area contributed by atoms with Gasteiger partial charge in [-0.1, -0.05) is 86.6 Å². The molecule has 0 aliphatic carbocycles. The van der Waals surface area contributed by atoms with Gasteiger partial charge in [-0.2, -0.15) is 0 Å². The molecule has 0 amide bonds. The Bertz CT molecular complexity index is 1050. The third-order valence-corrected chi connectivity index (χ3v) is 6.15. The van der Waals surface area contributed by atoms with E-state index in [-0.39, 0.29) is 29.7 Å². The molecule has 4 nitrogen and oxygen atoms in total. The zero-order valence-corrected chi connectivity index (χ0v) is 19.8. The van der Waals surface area contributed by atoms with Crippen molar-refractivity contribution in [3.63, 3.8) is 0 Å². The first-order chi connectivity index (χ1) is 16.4. The summed E-state index contributed by atoms with van der Waals surface area (Å²) >= 11 is 0. The third kappa shape index (κ3) is 6.52. The lowest BCUT2D eigenvalue weighted by atomic mass is 9.83. The van der Waals surface area contributed by atoms with Gasteiger partial charge in [0, 0.05) is 13.1 Å². The summed E-state index contributed by atoms with van der Waals surface area (Å²) < 4.78 is 25.5. The average molecular weight is 462 g/mol. The number of carbonyl (C=O) groups is 1. The Labute approximate surface area is 201 Å². The highest BCUT2D eigenvalue weighted by atomic mass is 19.1. The fourth-order valence-electron chi connectivity index (χ4n) is 4.58. The molecule has 1 fully saturated rings. The van der Waals surface area contributed by atoms with Gasteiger partial charge in [0.25, 0.3) is 0 Å². The topological polar surface area (TPSA) is 38.8 Å². The maximum absolute atomic E-state index is 13.6. The Morgan fingerprint density at radius 2 is 1.59 bits per heavy atom. The van der Waals surface area contributed by atoms with Crippen molar-refractivity contribution < 1.29 is 18.7 Å². The molecule has 178 valence electrons. The summed E-state index contributed by atoms with van der Waals surface area (Å²) in [6.45, 7) is 5.96. The van der Waals surface area contributed by atoms with Gasteiger partial charge in [-0.15, -0.1) is 0 Å². The first kappa shape index (κ1) is 24.1. The van der Waals surface area contributed by atoms with Gasteiger partial charge in [0.2, 0.25) is 6.29 Å². The van der Waals surface area contributed by atoms with Gasteiger partial charge in [0.05, 0.1) is 19.1 Å². The van der Waals surface area contributed by atoms with Crippen molar-refractivity contribution in [3.8, 4) is 0 Å².